The number of fused-ring (bicyclic) bond motifs is 2. The van der Waals surface area contributed by atoms with Gasteiger partial charge in [0.1, 0.15) is 5.60 Å². The number of carboxylic acids is 1. The Kier molecular flexibility index (Phi) is 10.5. The van der Waals surface area contributed by atoms with Crippen LogP contribution in [0.2, 0.25) is 0 Å². The van der Waals surface area contributed by atoms with E-state index in [4.69, 9.17) is 9.72 Å². The molecule has 4 fully saturated rings. The second-order valence-electron chi connectivity index (χ2n) is 18.5. The molecule has 0 spiro atoms. The number of rotatable bonds is 12. The third-order valence-electron chi connectivity index (χ3n) is 12.8. The highest BCUT2D eigenvalue weighted by atomic mass is 16.6. The van der Waals surface area contributed by atoms with Crippen molar-refractivity contribution in [3.05, 3.63) is 130 Å². The fourth-order valence-electron chi connectivity index (χ4n) is 8.74. The highest BCUT2D eigenvalue weighted by Gasteiger charge is 2.29. The summed E-state index contributed by atoms with van der Waals surface area (Å²) < 4.78 is 10.5. The van der Waals surface area contributed by atoms with Crippen molar-refractivity contribution in [2.24, 2.45) is 11.8 Å². The van der Waals surface area contributed by atoms with E-state index in [1.807, 2.05) is 45.3 Å². The van der Waals surface area contributed by atoms with E-state index < -0.39 is 11.6 Å². The molecule has 0 atom stereocenters. The predicted molar refractivity (Wildman–Crippen MR) is 229 cm³/mol. The van der Waals surface area contributed by atoms with Crippen molar-refractivity contribution in [2.75, 3.05) is 0 Å². The minimum absolute atomic E-state index is 0.271. The summed E-state index contributed by atoms with van der Waals surface area (Å²) in [5.74, 6) is 1.52. The van der Waals surface area contributed by atoms with Crippen LogP contribution >= 0.6 is 0 Å². The molecule has 8 heteroatoms. The molecule has 10 rings (SSSR count). The largest absolute Gasteiger partial charge is 0.478 e. The Morgan fingerprint density at radius 1 is 0.672 bits per heavy atom. The molecule has 8 nitrogen and oxygen atoms in total. The van der Waals surface area contributed by atoms with Gasteiger partial charge in [-0.3, -0.25) is 9.97 Å². The number of benzene rings is 2. The van der Waals surface area contributed by atoms with Crippen LogP contribution in [0.25, 0.3) is 21.8 Å². The molecule has 0 unspecified atom stereocenters. The van der Waals surface area contributed by atoms with Gasteiger partial charge in [0, 0.05) is 72.5 Å². The summed E-state index contributed by atoms with van der Waals surface area (Å²) in [6.45, 7) is 7.92. The van der Waals surface area contributed by atoms with E-state index in [1.165, 1.54) is 78.7 Å². The summed E-state index contributed by atoms with van der Waals surface area (Å²) in [6.07, 6.45) is 22.1. The quantitative estimate of drug-likeness (QED) is 0.124. The molecule has 4 aliphatic carbocycles. The van der Waals surface area contributed by atoms with Gasteiger partial charge < -0.3 is 19.0 Å². The molecule has 4 aromatic heterocycles. The van der Waals surface area contributed by atoms with Crippen molar-refractivity contribution in [1.29, 1.82) is 0 Å². The molecule has 0 aliphatic heterocycles. The van der Waals surface area contributed by atoms with Crippen LogP contribution in [0.5, 0.6) is 0 Å². The van der Waals surface area contributed by atoms with Gasteiger partial charge in [0.25, 0.3) is 0 Å². The number of aromatic carboxylic acids is 1. The maximum atomic E-state index is 13.0. The number of ether oxygens (including phenoxy) is 1. The lowest BCUT2D eigenvalue weighted by Crippen LogP contribution is -2.25. The molecule has 2 aromatic carbocycles. The van der Waals surface area contributed by atoms with Gasteiger partial charge in [0.05, 0.1) is 22.5 Å². The first kappa shape index (κ1) is 38.3. The first-order chi connectivity index (χ1) is 28.1. The number of carbonyl (C=O) groups is 2. The highest BCUT2D eigenvalue weighted by molar-refractivity contribution is 5.92. The van der Waals surface area contributed by atoms with Crippen molar-refractivity contribution >= 4 is 33.7 Å². The smallest absolute Gasteiger partial charge is 0.340 e. The van der Waals surface area contributed by atoms with Crippen LogP contribution in [-0.2, 0) is 30.7 Å². The Balaban J connectivity index is 0.000000152. The molecular formula is C50H56N4O4. The van der Waals surface area contributed by atoms with E-state index in [2.05, 4.69) is 75.0 Å². The Morgan fingerprint density at radius 2 is 1.14 bits per heavy atom. The summed E-state index contributed by atoms with van der Waals surface area (Å²) >= 11 is 0. The van der Waals surface area contributed by atoms with Gasteiger partial charge in [0.15, 0.2) is 0 Å². The molecule has 0 bridgehead atoms. The number of hydrogen-bond donors (Lipinski definition) is 1. The molecule has 1 N–H and O–H groups in total. The SMILES string of the molecule is CC(C)(C)OC(=O)c1cc(C2CC2)cnc1Cc1cccc2c1ccn2CC1CCC1.O=C(O)c1cc(C2CC2)cnc1Cc1cccc2c1ccn2CC1CCC1. The number of hydrogen-bond acceptors (Lipinski definition) is 5. The average Bonchev–Trinajstić information content (AvgIpc) is 4.10. The Morgan fingerprint density at radius 3 is 1.55 bits per heavy atom. The van der Waals surface area contributed by atoms with Crippen LogP contribution < -0.4 is 0 Å². The lowest BCUT2D eigenvalue weighted by atomic mass is 9.85. The molecule has 4 aliphatic rings. The third-order valence-corrected chi connectivity index (χ3v) is 12.8. The van der Waals surface area contributed by atoms with E-state index in [0.29, 0.717) is 41.5 Å². The zero-order valence-electron chi connectivity index (χ0n) is 34.3. The second kappa shape index (κ2) is 15.8. The Bertz CT molecular complexity index is 2470. The molecule has 0 radical (unpaired) electrons. The van der Waals surface area contributed by atoms with Crippen LogP contribution in [0.1, 0.15) is 151 Å². The van der Waals surface area contributed by atoms with E-state index in [-0.39, 0.29) is 5.97 Å². The highest BCUT2D eigenvalue weighted by Crippen LogP contribution is 2.41. The number of esters is 1. The predicted octanol–water partition coefficient (Wildman–Crippen LogP) is 11.3. The lowest BCUT2D eigenvalue weighted by Gasteiger charge is -2.26. The van der Waals surface area contributed by atoms with E-state index in [1.54, 1.807) is 0 Å². The molecule has 4 saturated carbocycles. The second-order valence-corrected chi connectivity index (χ2v) is 18.5. The van der Waals surface area contributed by atoms with Gasteiger partial charge in [-0.2, -0.15) is 0 Å². The molecule has 4 heterocycles. The molecule has 300 valence electrons. The third kappa shape index (κ3) is 8.48. The average molecular weight is 777 g/mol. The molecule has 6 aromatic rings. The minimum Gasteiger partial charge on any atom is -0.478 e. The molecular weight excluding hydrogens is 721 g/mol. The number of carboxylic acid groups (broad SMARTS) is 1. The molecule has 58 heavy (non-hydrogen) atoms. The van der Waals surface area contributed by atoms with Gasteiger partial charge in [-0.25, -0.2) is 9.59 Å². The summed E-state index contributed by atoms with van der Waals surface area (Å²) in [6, 6.07) is 21.1. The number of pyridine rings is 2. The number of carbonyl (C=O) groups excluding carboxylic acids is 1. The van der Waals surface area contributed by atoms with Gasteiger partial charge in [-0.1, -0.05) is 37.1 Å². The normalized spacial score (nSPS) is 17.1. The van der Waals surface area contributed by atoms with Gasteiger partial charge in [-0.05, 0) is 154 Å². The Hall–Kier alpha value is -5.24. The van der Waals surface area contributed by atoms with Gasteiger partial charge in [0.2, 0.25) is 0 Å². The summed E-state index contributed by atoms with van der Waals surface area (Å²) in [5, 5.41) is 12.1. The summed E-state index contributed by atoms with van der Waals surface area (Å²) in [7, 11) is 0. The van der Waals surface area contributed by atoms with Gasteiger partial charge in [-0.15, -0.1) is 0 Å². The van der Waals surface area contributed by atoms with Crippen LogP contribution in [0, 0.1) is 11.8 Å². The topological polar surface area (TPSA) is 99.2 Å². The standard InChI is InChI=1S/C27H32N2O2.C23H24N2O2/c1-27(2,3)31-26(30)23-14-21(19-10-11-19)16-28-24(23)15-20-8-5-9-25-22(20)12-13-29(25)17-18-6-4-7-18;26-23(27)20-11-18(16-7-8-16)13-24-21(20)12-17-5-2-6-22-19(17)9-10-25(22)14-15-3-1-4-15/h5,8-9,12-14,16,18-19H,4,6-7,10-11,15,17H2,1-3H3;2,5-6,9-11,13,15-16H,1,3-4,7-8,12,14H2,(H,26,27). The van der Waals surface area contributed by atoms with Crippen molar-refractivity contribution in [3.8, 4) is 0 Å². The van der Waals surface area contributed by atoms with Crippen LogP contribution in [0.3, 0.4) is 0 Å². The van der Waals surface area contributed by atoms with Crippen molar-refractivity contribution in [3.63, 3.8) is 0 Å². The van der Waals surface area contributed by atoms with Crippen LogP contribution in [0.15, 0.2) is 85.5 Å². The lowest BCUT2D eigenvalue weighted by molar-refractivity contribution is 0.00675. The maximum absolute atomic E-state index is 13.0. The first-order valence-corrected chi connectivity index (χ1v) is 21.6. The fourth-order valence-corrected chi connectivity index (χ4v) is 8.74. The van der Waals surface area contributed by atoms with Crippen molar-refractivity contribution in [2.45, 2.75) is 128 Å². The minimum atomic E-state index is -0.880. The first-order valence-electron chi connectivity index (χ1n) is 21.6. The van der Waals surface area contributed by atoms with E-state index in [9.17, 15) is 14.7 Å². The van der Waals surface area contributed by atoms with Crippen LogP contribution in [0.4, 0.5) is 0 Å². The zero-order valence-corrected chi connectivity index (χ0v) is 34.3. The van der Waals surface area contributed by atoms with Crippen LogP contribution in [-0.4, -0.2) is 41.7 Å². The molecule has 0 amide bonds. The van der Waals surface area contributed by atoms with Crippen molar-refractivity contribution < 1.29 is 19.4 Å². The Labute approximate surface area is 341 Å². The molecule has 0 saturated heterocycles. The monoisotopic (exact) mass is 776 g/mol. The fraction of sp³-hybridized carbons (Fsp3) is 0.440. The van der Waals surface area contributed by atoms with E-state index >= 15 is 0 Å². The summed E-state index contributed by atoms with van der Waals surface area (Å²) in [4.78, 5) is 34.1. The van der Waals surface area contributed by atoms with Crippen molar-refractivity contribution in [1.82, 2.24) is 19.1 Å². The number of aromatic nitrogens is 4. The summed E-state index contributed by atoms with van der Waals surface area (Å²) in [5.41, 5.74) is 9.01. The van der Waals surface area contributed by atoms with Gasteiger partial charge >= 0.3 is 11.9 Å². The van der Waals surface area contributed by atoms with E-state index in [0.717, 1.165) is 60.2 Å². The zero-order chi connectivity index (χ0) is 40.0. The maximum Gasteiger partial charge on any atom is 0.340 e. The number of nitrogens with zero attached hydrogens (tertiary/aromatic N) is 4.